The van der Waals surface area contributed by atoms with Gasteiger partial charge in [-0.05, 0) is 49.1 Å². The number of hydrogen-bond acceptors (Lipinski definition) is 4. The number of rotatable bonds is 1. The molecule has 0 unspecified atom stereocenters. The highest BCUT2D eigenvalue weighted by Crippen LogP contribution is 2.28. The van der Waals surface area contributed by atoms with Gasteiger partial charge in [0.15, 0.2) is 0 Å². The fourth-order valence-corrected chi connectivity index (χ4v) is 4.90. The van der Waals surface area contributed by atoms with Gasteiger partial charge in [0, 0.05) is 6.54 Å². The van der Waals surface area contributed by atoms with Gasteiger partial charge in [-0.15, -0.1) is 0 Å². The first-order chi connectivity index (χ1) is 16.4. The molecule has 1 aliphatic carbocycles. The molecule has 8 nitrogen and oxygen atoms in total. The van der Waals surface area contributed by atoms with Gasteiger partial charge < -0.3 is 21.3 Å². The minimum Gasteiger partial charge on any atom is -0.350 e. The minimum atomic E-state index is -1.21. The second kappa shape index (κ2) is 10.8. The number of fused-ring (bicyclic) bond motifs is 1. The number of hydrogen-bond donors (Lipinski definition) is 4. The summed E-state index contributed by atoms with van der Waals surface area (Å²) < 4.78 is 0. The van der Waals surface area contributed by atoms with Crippen molar-refractivity contribution in [2.24, 2.45) is 11.3 Å². The largest absolute Gasteiger partial charge is 0.350 e. The van der Waals surface area contributed by atoms with Crippen LogP contribution in [0.25, 0.3) is 0 Å². The van der Waals surface area contributed by atoms with Crippen LogP contribution >= 0.6 is 0 Å². The molecule has 0 aromatic heterocycles. The molecule has 4 N–H and O–H groups in total. The molecule has 1 aromatic rings. The van der Waals surface area contributed by atoms with Gasteiger partial charge in [0.25, 0.3) is 0 Å². The van der Waals surface area contributed by atoms with Crippen LogP contribution in [0.2, 0.25) is 0 Å². The lowest BCUT2D eigenvalue weighted by atomic mass is 9.82. The summed E-state index contributed by atoms with van der Waals surface area (Å²) >= 11 is 0. The normalized spacial score (nSPS) is 25.2. The van der Waals surface area contributed by atoms with Crippen molar-refractivity contribution in [2.75, 3.05) is 0 Å². The fourth-order valence-electron chi connectivity index (χ4n) is 4.90. The van der Waals surface area contributed by atoms with E-state index in [9.17, 15) is 19.2 Å². The van der Waals surface area contributed by atoms with E-state index < -0.39 is 28.9 Å². The zero-order chi connectivity index (χ0) is 25.8. The predicted molar refractivity (Wildman–Crippen MR) is 134 cm³/mol. The first kappa shape index (κ1) is 26.7. The molecule has 192 valence electrons. The monoisotopic (exact) mass is 484 g/mol. The molecule has 2 atom stereocenters. The van der Waals surface area contributed by atoms with Gasteiger partial charge in [-0.25, -0.2) is 0 Å². The first-order valence-corrected chi connectivity index (χ1v) is 12.7. The third kappa shape index (κ3) is 6.83. The highest BCUT2D eigenvalue weighted by atomic mass is 16.2. The number of carbonyl (C=O) groups excluding carboxylic acids is 4. The molecule has 2 aliphatic rings. The maximum atomic E-state index is 13.6. The zero-order valence-corrected chi connectivity index (χ0v) is 21.6. The van der Waals surface area contributed by atoms with Gasteiger partial charge in [-0.2, -0.15) is 0 Å². The lowest BCUT2D eigenvalue weighted by Crippen LogP contribution is -2.63. The van der Waals surface area contributed by atoms with Crippen molar-refractivity contribution in [3.8, 4) is 0 Å². The van der Waals surface area contributed by atoms with Crippen LogP contribution in [-0.2, 0) is 32.1 Å². The second-order valence-electron chi connectivity index (χ2n) is 11.5. The summed E-state index contributed by atoms with van der Waals surface area (Å²) in [6.07, 6.45) is 4.82. The van der Waals surface area contributed by atoms with Crippen molar-refractivity contribution in [1.82, 2.24) is 21.3 Å². The van der Waals surface area contributed by atoms with Crippen LogP contribution in [0.1, 0.15) is 77.8 Å². The number of carbonyl (C=O) groups is 4. The Kier molecular flexibility index (Phi) is 8.23. The van der Waals surface area contributed by atoms with Gasteiger partial charge in [0.1, 0.15) is 17.6 Å². The van der Waals surface area contributed by atoms with E-state index in [0.29, 0.717) is 0 Å². The molecule has 8 heteroatoms. The standard InChI is InChI=1S/C27H40N4O4/c1-26(2,3)22-24(34)28-16-19-14-10-9-13-18(19)15-20(32)31-27(4,5)25(35)29-21(23(33)30-22)17-11-7-6-8-12-17/h9-10,13-14,17,21-22H,6-8,11-12,15-16H2,1-5H3,(H,28,34)(H,29,35)(H,30,33)(H,31,32)/t21-,22-/m1/s1. The van der Waals surface area contributed by atoms with Crippen molar-refractivity contribution in [3.63, 3.8) is 0 Å². The third-order valence-corrected chi connectivity index (χ3v) is 7.05. The van der Waals surface area contributed by atoms with Crippen molar-refractivity contribution in [2.45, 2.75) is 97.3 Å². The summed E-state index contributed by atoms with van der Waals surface area (Å²) in [5, 5.41) is 11.7. The van der Waals surface area contributed by atoms with Gasteiger partial charge in [-0.1, -0.05) is 64.3 Å². The smallest absolute Gasteiger partial charge is 0.245 e. The van der Waals surface area contributed by atoms with Crippen LogP contribution in [0.3, 0.4) is 0 Å². The summed E-state index contributed by atoms with van der Waals surface area (Å²) in [5.41, 5.74) is -0.179. The summed E-state index contributed by atoms with van der Waals surface area (Å²) in [7, 11) is 0. The van der Waals surface area contributed by atoms with E-state index in [4.69, 9.17) is 0 Å². The molecule has 0 spiro atoms. The Hall–Kier alpha value is -2.90. The van der Waals surface area contributed by atoms with Gasteiger partial charge in [0.05, 0.1) is 6.42 Å². The Morgan fingerprint density at radius 2 is 1.49 bits per heavy atom. The number of nitrogens with one attached hydrogen (secondary N) is 4. The van der Waals surface area contributed by atoms with E-state index in [1.165, 1.54) is 0 Å². The minimum absolute atomic E-state index is 0.0252. The van der Waals surface area contributed by atoms with Crippen molar-refractivity contribution in [3.05, 3.63) is 35.4 Å². The van der Waals surface area contributed by atoms with E-state index in [-0.39, 0.29) is 36.6 Å². The van der Waals surface area contributed by atoms with Crippen LogP contribution in [0.15, 0.2) is 24.3 Å². The van der Waals surface area contributed by atoms with Crippen LogP contribution < -0.4 is 21.3 Å². The van der Waals surface area contributed by atoms with Crippen LogP contribution in [0, 0.1) is 11.3 Å². The maximum Gasteiger partial charge on any atom is 0.245 e. The zero-order valence-electron chi connectivity index (χ0n) is 21.6. The second-order valence-corrected chi connectivity index (χ2v) is 11.5. The molecule has 4 amide bonds. The predicted octanol–water partition coefficient (Wildman–Crippen LogP) is 2.35. The van der Waals surface area contributed by atoms with Crippen molar-refractivity contribution >= 4 is 23.6 Å². The Morgan fingerprint density at radius 1 is 0.857 bits per heavy atom. The van der Waals surface area contributed by atoms with Crippen LogP contribution in [-0.4, -0.2) is 41.3 Å². The molecule has 3 rings (SSSR count). The average molecular weight is 485 g/mol. The quantitative estimate of drug-likeness (QED) is 0.490. The molecular weight excluding hydrogens is 444 g/mol. The molecule has 35 heavy (non-hydrogen) atoms. The Labute approximate surface area is 208 Å². The van der Waals surface area contributed by atoms with Crippen LogP contribution in [0.4, 0.5) is 0 Å². The maximum absolute atomic E-state index is 13.6. The molecule has 1 aromatic carbocycles. The number of amides is 4. The van der Waals surface area contributed by atoms with Gasteiger partial charge >= 0.3 is 0 Å². The van der Waals surface area contributed by atoms with E-state index in [1.807, 2.05) is 45.0 Å². The summed E-state index contributed by atoms with van der Waals surface area (Å²) in [5.74, 6) is -1.41. The Bertz CT molecular complexity index is 960. The molecule has 0 saturated heterocycles. The number of benzene rings is 1. The lowest BCUT2D eigenvalue weighted by molar-refractivity contribution is -0.137. The van der Waals surface area contributed by atoms with Crippen molar-refractivity contribution < 1.29 is 19.2 Å². The van der Waals surface area contributed by atoms with Gasteiger partial charge in [0.2, 0.25) is 23.6 Å². The average Bonchev–Trinajstić information content (AvgIpc) is 2.78. The highest BCUT2D eigenvalue weighted by molar-refractivity contribution is 5.96. The van der Waals surface area contributed by atoms with Gasteiger partial charge in [-0.3, -0.25) is 19.2 Å². The van der Waals surface area contributed by atoms with E-state index in [1.54, 1.807) is 13.8 Å². The molecule has 0 radical (unpaired) electrons. The van der Waals surface area contributed by atoms with Crippen LogP contribution in [0.5, 0.6) is 0 Å². The molecular formula is C27H40N4O4. The van der Waals surface area contributed by atoms with E-state index >= 15 is 0 Å². The molecule has 1 aliphatic heterocycles. The highest BCUT2D eigenvalue weighted by Gasteiger charge is 2.40. The molecule has 1 saturated carbocycles. The Balaban J connectivity index is 1.99. The molecule has 0 bridgehead atoms. The SMILES string of the molecule is CC1(C)NC(=O)Cc2ccccc2CNC(=O)[C@H](C(C)(C)C)NC(=O)[C@@H](C2CCCCC2)NC1=O. The molecule has 1 fully saturated rings. The molecule has 1 heterocycles. The fraction of sp³-hybridized carbons (Fsp3) is 0.630. The first-order valence-electron chi connectivity index (χ1n) is 12.7. The van der Waals surface area contributed by atoms with Crippen molar-refractivity contribution in [1.29, 1.82) is 0 Å². The summed E-state index contributed by atoms with van der Waals surface area (Å²) in [6, 6.07) is 5.83. The van der Waals surface area contributed by atoms with E-state index in [2.05, 4.69) is 21.3 Å². The lowest BCUT2D eigenvalue weighted by Gasteiger charge is -2.36. The Morgan fingerprint density at radius 3 is 2.11 bits per heavy atom. The third-order valence-electron chi connectivity index (χ3n) is 7.05. The summed E-state index contributed by atoms with van der Waals surface area (Å²) in [6.45, 7) is 9.22. The topological polar surface area (TPSA) is 116 Å². The summed E-state index contributed by atoms with van der Waals surface area (Å²) in [4.78, 5) is 53.1. The van der Waals surface area contributed by atoms with E-state index in [0.717, 1.165) is 43.2 Å².